The van der Waals surface area contributed by atoms with Crippen LogP contribution in [0.4, 0.5) is 11.8 Å². The molecule has 4 unspecified atom stereocenters. The van der Waals surface area contributed by atoms with Gasteiger partial charge in [0.05, 0.1) is 27.9 Å². The Balaban J connectivity index is 1.72. The summed E-state index contributed by atoms with van der Waals surface area (Å²) in [6, 6.07) is 7.59. The highest BCUT2D eigenvalue weighted by atomic mass is 32.1. The first-order valence-corrected chi connectivity index (χ1v) is 8.95. The van der Waals surface area contributed by atoms with E-state index in [2.05, 4.69) is 20.3 Å². The molecule has 4 atom stereocenters. The third-order valence-corrected chi connectivity index (χ3v) is 5.69. The number of rotatable bonds is 3. The summed E-state index contributed by atoms with van der Waals surface area (Å²) in [6.07, 6.45) is 0.687. The maximum atomic E-state index is 10.2. The van der Waals surface area contributed by atoms with Crippen LogP contribution in [-0.4, -0.2) is 43.4 Å². The summed E-state index contributed by atoms with van der Waals surface area (Å²) in [4.78, 5) is 13.0. The van der Waals surface area contributed by atoms with E-state index in [1.54, 1.807) is 17.5 Å². The van der Waals surface area contributed by atoms with E-state index < -0.39 is 12.2 Å². The van der Waals surface area contributed by atoms with Gasteiger partial charge in [-0.15, -0.1) is 11.3 Å². The van der Waals surface area contributed by atoms with E-state index >= 15 is 0 Å². The van der Waals surface area contributed by atoms with Crippen molar-refractivity contribution in [3.8, 4) is 10.6 Å². The zero-order chi connectivity index (χ0) is 17.6. The van der Waals surface area contributed by atoms with Gasteiger partial charge in [-0.1, -0.05) is 19.1 Å². The number of anilines is 2. The number of aliphatic hydroxyl groups is 2. The molecule has 1 aliphatic carbocycles. The molecule has 1 fully saturated rings. The number of nitrogens with zero attached hydrogens (tertiary/aromatic N) is 3. The third kappa shape index (κ3) is 2.92. The lowest BCUT2D eigenvalue weighted by Crippen LogP contribution is -2.35. The van der Waals surface area contributed by atoms with E-state index in [-0.39, 0.29) is 17.9 Å². The van der Waals surface area contributed by atoms with Crippen LogP contribution in [0.3, 0.4) is 0 Å². The fourth-order valence-electron chi connectivity index (χ4n) is 3.22. The molecule has 130 valence electrons. The zero-order valence-corrected chi connectivity index (χ0v) is 14.4. The van der Waals surface area contributed by atoms with E-state index in [0.29, 0.717) is 12.2 Å². The van der Waals surface area contributed by atoms with Gasteiger partial charge in [0.2, 0.25) is 5.95 Å². The van der Waals surface area contributed by atoms with Gasteiger partial charge in [0.1, 0.15) is 16.9 Å². The molecular weight excluding hydrogens is 338 g/mol. The fraction of sp³-hybridized carbons (Fsp3) is 0.353. The summed E-state index contributed by atoms with van der Waals surface area (Å²) in [7, 11) is 0. The molecule has 2 aromatic heterocycles. The topological polar surface area (TPSA) is 117 Å². The van der Waals surface area contributed by atoms with Crippen molar-refractivity contribution in [3.63, 3.8) is 0 Å². The van der Waals surface area contributed by atoms with Gasteiger partial charge < -0.3 is 21.3 Å². The Bertz CT molecular complexity index is 882. The van der Waals surface area contributed by atoms with Crippen LogP contribution in [0.5, 0.6) is 0 Å². The Hall–Kier alpha value is -2.29. The predicted octanol–water partition coefficient (Wildman–Crippen LogP) is 1.88. The van der Waals surface area contributed by atoms with Crippen LogP contribution in [0.25, 0.3) is 20.8 Å². The van der Waals surface area contributed by atoms with Crippen molar-refractivity contribution in [1.29, 1.82) is 0 Å². The molecule has 0 aliphatic heterocycles. The first-order valence-electron chi connectivity index (χ1n) is 8.14. The second kappa shape index (κ2) is 6.21. The highest BCUT2D eigenvalue weighted by Crippen LogP contribution is 2.35. The third-order valence-electron chi connectivity index (χ3n) is 4.62. The lowest BCUT2D eigenvalue weighted by Gasteiger charge is -2.19. The Morgan fingerprint density at radius 1 is 1.20 bits per heavy atom. The summed E-state index contributed by atoms with van der Waals surface area (Å²) in [6.45, 7) is 1.92. The van der Waals surface area contributed by atoms with Crippen molar-refractivity contribution >= 4 is 33.3 Å². The highest BCUT2D eigenvalue weighted by molar-refractivity contribution is 7.21. The van der Waals surface area contributed by atoms with Crippen molar-refractivity contribution in [2.45, 2.75) is 31.6 Å². The quantitative estimate of drug-likeness (QED) is 0.565. The zero-order valence-electron chi connectivity index (χ0n) is 13.6. The molecule has 8 heteroatoms. The maximum absolute atomic E-state index is 10.2. The average Bonchev–Trinajstić information content (AvgIpc) is 3.12. The number of nitrogens with two attached hydrogens (primary N) is 1. The number of nitrogens with one attached hydrogen (secondary N) is 1. The van der Waals surface area contributed by atoms with Gasteiger partial charge in [-0.25, -0.2) is 9.97 Å². The minimum atomic E-state index is -0.852. The molecule has 0 bridgehead atoms. The average molecular weight is 357 g/mol. The number of fused-ring (bicyclic) bond motifs is 1. The SMILES string of the molecule is CC1CC(Nc2nc(N)ncc2-c2nc3ccccc3s2)C(O)C1O. The van der Waals surface area contributed by atoms with Crippen molar-refractivity contribution in [2.75, 3.05) is 11.1 Å². The molecule has 2 heterocycles. The molecule has 0 amide bonds. The second-order valence-electron chi connectivity index (χ2n) is 6.42. The van der Waals surface area contributed by atoms with Gasteiger partial charge >= 0.3 is 0 Å². The molecule has 0 radical (unpaired) electrons. The van der Waals surface area contributed by atoms with Gasteiger partial charge in [0.25, 0.3) is 0 Å². The van der Waals surface area contributed by atoms with E-state index in [1.165, 1.54) is 0 Å². The predicted molar refractivity (Wildman–Crippen MR) is 98.3 cm³/mol. The Morgan fingerprint density at radius 3 is 2.72 bits per heavy atom. The van der Waals surface area contributed by atoms with E-state index in [1.807, 2.05) is 31.2 Å². The van der Waals surface area contributed by atoms with Crippen LogP contribution in [0.1, 0.15) is 13.3 Å². The standard InChI is InChI=1S/C17H19N5O2S/c1-8-6-11(14(24)13(8)23)20-15-9(7-19-17(18)22-15)16-21-10-4-2-3-5-12(10)25-16/h2-5,7-8,11,13-14,23-24H,6H2,1H3,(H3,18,19,20,22). The van der Waals surface area contributed by atoms with Crippen molar-refractivity contribution in [3.05, 3.63) is 30.5 Å². The second-order valence-corrected chi connectivity index (χ2v) is 7.45. The summed E-state index contributed by atoms with van der Waals surface area (Å²) in [5, 5.41) is 24.2. The highest BCUT2D eigenvalue weighted by Gasteiger charge is 2.39. The molecule has 1 aliphatic rings. The van der Waals surface area contributed by atoms with Crippen LogP contribution >= 0.6 is 11.3 Å². The number of benzene rings is 1. The molecule has 1 aromatic carbocycles. The van der Waals surface area contributed by atoms with Gasteiger partial charge in [0, 0.05) is 6.20 Å². The monoisotopic (exact) mass is 357 g/mol. The van der Waals surface area contributed by atoms with Crippen LogP contribution in [0, 0.1) is 5.92 Å². The van der Waals surface area contributed by atoms with Gasteiger partial charge in [-0.05, 0) is 24.5 Å². The molecule has 25 heavy (non-hydrogen) atoms. The summed E-state index contributed by atoms with van der Waals surface area (Å²) in [5.41, 5.74) is 7.40. The Morgan fingerprint density at radius 2 is 2.00 bits per heavy atom. The first kappa shape index (κ1) is 16.2. The maximum Gasteiger partial charge on any atom is 0.221 e. The minimum absolute atomic E-state index is 0.0117. The summed E-state index contributed by atoms with van der Waals surface area (Å²) in [5.74, 6) is 0.683. The number of hydrogen-bond donors (Lipinski definition) is 4. The molecule has 0 saturated heterocycles. The molecular formula is C17H19N5O2S. The van der Waals surface area contributed by atoms with Crippen molar-refractivity contribution in [2.24, 2.45) is 5.92 Å². The van der Waals surface area contributed by atoms with Gasteiger partial charge in [-0.2, -0.15) is 4.98 Å². The number of aromatic nitrogens is 3. The molecule has 3 aromatic rings. The van der Waals surface area contributed by atoms with E-state index in [9.17, 15) is 10.2 Å². The molecule has 5 N–H and O–H groups in total. The van der Waals surface area contributed by atoms with Gasteiger partial charge in [-0.3, -0.25) is 0 Å². The summed E-state index contributed by atoms with van der Waals surface area (Å²) >= 11 is 1.55. The number of hydrogen-bond acceptors (Lipinski definition) is 8. The molecule has 4 rings (SSSR count). The van der Waals surface area contributed by atoms with Crippen molar-refractivity contribution in [1.82, 2.24) is 15.0 Å². The van der Waals surface area contributed by atoms with E-state index in [0.717, 1.165) is 20.8 Å². The van der Waals surface area contributed by atoms with E-state index in [4.69, 9.17) is 5.73 Å². The largest absolute Gasteiger partial charge is 0.390 e. The number of thiazole rings is 1. The number of aliphatic hydroxyl groups excluding tert-OH is 2. The van der Waals surface area contributed by atoms with Gasteiger partial charge in [0.15, 0.2) is 0 Å². The fourth-order valence-corrected chi connectivity index (χ4v) is 4.20. The summed E-state index contributed by atoms with van der Waals surface area (Å²) < 4.78 is 1.07. The Labute approximate surface area is 148 Å². The smallest absolute Gasteiger partial charge is 0.221 e. The van der Waals surface area contributed by atoms with Crippen LogP contribution < -0.4 is 11.1 Å². The Kier molecular flexibility index (Phi) is 4.03. The lowest BCUT2D eigenvalue weighted by molar-refractivity contribution is 0.0210. The molecule has 1 saturated carbocycles. The minimum Gasteiger partial charge on any atom is -0.390 e. The van der Waals surface area contributed by atoms with Crippen LogP contribution in [0.2, 0.25) is 0 Å². The normalized spacial score (nSPS) is 26.2. The lowest BCUT2D eigenvalue weighted by atomic mass is 10.1. The molecule has 7 nitrogen and oxygen atoms in total. The number of nitrogen functional groups attached to an aromatic ring is 1. The first-order chi connectivity index (χ1) is 12.0. The molecule has 0 spiro atoms. The number of para-hydroxylation sites is 1. The van der Waals surface area contributed by atoms with Crippen LogP contribution in [-0.2, 0) is 0 Å². The van der Waals surface area contributed by atoms with Crippen LogP contribution in [0.15, 0.2) is 30.5 Å². The van der Waals surface area contributed by atoms with Crippen molar-refractivity contribution < 1.29 is 10.2 Å².